The third kappa shape index (κ3) is 3.16. The predicted molar refractivity (Wildman–Crippen MR) is 66.0 cm³/mol. The number of hydrogen-bond acceptors (Lipinski definition) is 2. The van der Waals surface area contributed by atoms with Gasteiger partial charge in [-0.05, 0) is 24.5 Å². The molecule has 0 fully saturated rings. The number of hydrogen-bond donors (Lipinski definition) is 1. The molecular weight excluding hydrogens is 208 g/mol. The van der Waals surface area contributed by atoms with E-state index >= 15 is 0 Å². The molecule has 15 heavy (non-hydrogen) atoms. The van der Waals surface area contributed by atoms with Crippen LogP contribution < -0.4 is 11.3 Å². The summed E-state index contributed by atoms with van der Waals surface area (Å²) in [5.41, 5.74) is 5.79. The van der Waals surface area contributed by atoms with Crippen molar-refractivity contribution in [2.24, 2.45) is 11.7 Å². The zero-order chi connectivity index (χ0) is 11.4. The highest BCUT2D eigenvalue weighted by Gasteiger charge is 2.05. The molecule has 1 heterocycles. The highest BCUT2D eigenvalue weighted by atomic mass is 32.1. The number of nitrogens with two attached hydrogens (primary N) is 1. The summed E-state index contributed by atoms with van der Waals surface area (Å²) in [5.74, 6) is 0.574. The molecule has 1 rings (SSSR count). The summed E-state index contributed by atoms with van der Waals surface area (Å²) in [6, 6.07) is 3.47. The second kappa shape index (κ2) is 5.07. The standard InChI is InChI=1S/C11H16N2OS/c1-8(2)5-7-13-6-3-4-9(10(12)15)11(13)14/h3-4,6,8H,5,7H2,1-2H3,(H2,12,15). The van der Waals surface area contributed by atoms with Gasteiger partial charge >= 0.3 is 0 Å². The van der Waals surface area contributed by atoms with Crippen molar-refractivity contribution in [2.45, 2.75) is 26.8 Å². The topological polar surface area (TPSA) is 48.0 Å². The second-order valence-electron chi connectivity index (χ2n) is 3.97. The number of nitrogens with zero attached hydrogens (tertiary/aromatic N) is 1. The predicted octanol–water partition coefficient (Wildman–Crippen LogP) is 1.53. The minimum Gasteiger partial charge on any atom is -0.389 e. The van der Waals surface area contributed by atoms with Gasteiger partial charge in [-0.15, -0.1) is 0 Å². The first-order valence-corrected chi connectivity index (χ1v) is 5.42. The normalized spacial score (nSPS) is 10.6. The van der Waals surface area contributed by atoms with E-state index in [0.29, 0.717) is 18.0 Å². The molecule has 0 aromatic carbocycles. The Hall–Kier alpha value is -1.16. The summed E-state index contributed by atoms with van der Waals surface area (Å²) in [4.78, 5) is 12.0. The summed E-state index contributed by atoms with van der Waals surface area (Å²) in [6.45, 7) is 4.97. The fourth-order valence-electron chi connectivity index (χ4n) is 1.30. The fourth-order valence-corrected chi connectivity index (χ4v) is 1.45. The van der Waals surface area contributed by atoms with Gasteiger partial charge in [0.25, 0.3) is 5.56 Å². The highest BCUT2D eigenvalue weighted by Crippen LogP contribution is 2.01. The summed E-state index contributed by atoms with van der Waals surface area (Å²) >= 11 is 4.81. The minimum absolute atomic E-state index is 0.0920. The van der Waals surface area contributed by atoms with Gasteiger partial charge in [0.2, 0.25) is 0 Å². The molecule has 2 N–H and O–H groups in total. The lowest BCUT2D eigenvalue weighted by molar-refractivity contribution is 0.508. The lowest BCUT2D eigenvalue weighted by Gasteiger charge is -2.08. The van der Waals surface area contributed by atoms with Crippen molar-refractivity contribution in [1.82, 2.24) is 4.57 Å². The molecule has 0 saturated carbocycles. The van der Waals surface area contributed by atoms with Crippen LogP contribution in [-0.2, 0) is 6.54 Å². The Balaban J connectivity index is 2.95. The van der Waals surface area contributed by atoms with E-state index in [1.54, 1.807) is 22.9 Å². The van der Waals surface area contributed by atoms with E-state index in [9.17, 15) is 4.79 Å². The van der Waals surface area contributed by atoms with Crippen LogP contribution in [0.2, 0.25) is 0 Å². The molecule has 0 unspecified atom stereocenters. The van der Waals surface area contributed by atoms with E-state index in [0.717, 1.165) is 6.42 Å². The number of rotatable bonds is 4. The maximum absolute atomic E-state index is 11.8. The Morgan fingerprint density at radius 2 is 2.27 bits per heavy atom. The third-order valence-electron chi connectivity index (χ3n) is 2.23. The van der Waals surface area contributed by atoms with Crippen molar-refractivity contribution in [3.05, 3.63) is 34.2 Å². The number of aryl methyl sites for hydroxylation is 1. The summed E-state index contributed by atoms with van der Waals surface area (Å²) in [6.07, 6.45) is 2.74. The Bertz CT molecular complexity index is 409. The Morgan fingerprint density at radius 1 is 1.60 bits per heavy atom. The molecule has 0 aliphatic rings. The minimum atomic E-state index is -0.0920. The fraction of sp³-hybridized carbons (Fsp3) is 0.455. The van der Waals surface area contributed by atoms with Crippen LogP contribution in [0.5, 0.6) is 0 Å². The molecule has 1 aromatic heterocycles. The van der Waals surface area contributed by atoms with Crippen molar-refractivity contribution in [3.63, 3.8) is 0 Å². The maximum Gasteiger partial charge on any atom is 0.260 e. The number of aromatic nitrogens is 1. The van der Waals surface area contributed by atoms with Crippen LogP contribution in [-0.4, -0.2) is 9.56 Å². The van der Waals surface area contributed by atoms with Gasteiger partial charge in [0.1, 0.15) is 4.99 Å². The Morgan fingerprint density at radius 3 is 2.80 bits per heavy atom. The van der Waals surface area contributed by atoms with E-state index < -0.39 is 0 Å². The molecule has 4 heteroatoms. The number of thiocarbonyl (C=S) groups is 1. The molecule has 0 amide bonds. The molecule has 0 spiro atoms. The van der Waals surface area contributed by atoms with Gasteiger partial charge in [0.05, 0.1) is 5.56 Å². The van der Waals surface area contributed by atoms with Crippen LogP contribution in [0.4, 0.5) is 0 Å². The first kappa shape index (κ1) is 11.9. The Labute approximate surface area is 94.9 Å². The molecule has 0 bridgehead atoms. The van der Waals surface area contributed by atoms with Gasteiger partial charge in [0.15, 0.2) is 0 Å². The van der Waals surface area contributed by atoms with Crippen LogP contribution in [0, 0.1) is 5.92 Å². The smallest absolute Gasteiger partial charge is 0.260 e. The van der Waals surface area contributed by atoms with E-state index in [4.69, 9.17) is 18.0 Å². The molecule has 0 aliphatic carbocycles. The number of pyridine rings is 1. The van der Waals surface area contributed by atoms with Gasteiger partial charge < -0.3 is 10.3 Å². The van der Waals surface area contributed by atoms with Gasteiger partial charge in [-0.25, -0.2) is 0 Å². The lowest BCUT2D eigenvalue weighted by Crippen LogP contribution is -2.28. The van der Waals surface area contributed by atoms with Crippen molar-refractivity contribution in [2.75, 3.05) is 0 Å². The first-order valence-electron chi connectivity index (χ1n) is 5.01. The van der Waals surface area contributed by atoms with E-state index in [-0.39, 0.29) is 10.5 Å². The molecule has 82 valence electrons. The van der Waals surface area contributed by atoms with Crippen molar-refractivity contribution >= 4 is 17.2 Å². The van der Waals surface area contributed by atoms with Gasteiger partial charge in [-0.1, -0.05) is 26.1 Å². The second-order valence-corrected chi connectivity index (χ2v) is 4.41. The van der Waals surface area contributed by atoms with Crippen molar-refractivity contribution in [1.29, 1.82) is 0 Å². The average molecular weight is 224 g/mol. The van der Waals surface area contributed by atoms with Gasteiger partial charge in [0, 0.05) is 12.7 Å². The summed E-state index contributed by atoms with van der Waals surface area (Å²) in [5, 5.41) is 0. The maximum atomic E-state index is 11.8. The molecule has 1 aromatic rings. The van der Waals surface area contributed by atoms with Crippen molar-refractivity contribution < 1.29 is 0 Å². The average Bonchev–Trinajstić information content (AvgIpc) is 2.15. The molecule has 0 saturated heterocycles. The van der Waals surface area contributed by atoms with Crippen LogP contribution in [0.3, 0.4) is 0 Å². The van der Waals surface area contributed by atoms with Crippen molar-refractivity contribution in [3.8, 4) is 0 Å². The van der Waals surface area contributed by atoms with Crippen LogP contribution in [0.15, 0.2) is 23.1 Å². The molecule has 0 atom stereocenters. The summed E-state index contributed by atoms with van der Waals surface area (Å²) in [7, 11) is 0. The molecule has 0 radical (unpaired) electrons. The van der Waals surface area contributed by atoms with Crippen LogP contribution >= 0.6 is 12.2 Å². The molecular formula is C11H16N2OS. The molecule has 0 aliphatic heterocycles. The quantitative estimate of drug-likeness (QED) is 0.789. The van der Waals surface area contributed by atoms with E-state index in [2.05, 4.69) is 13.8 Å². The molecule has 3 nitrogen and oxygen atoms in total. The highest BCUT2D eigenvalue weighted by molar-refractivity contribution is 7.80. The van der Waals surface area contributed by atoms with Crippen LogP contribution in [0.25, 0.3) is 0 Å². The van der Waals surface area contributed by atoms with E-state index in [1.807, 2.05) is 0 Å². The first-order chi connectivity index (χ1) is 7.02. The third-order valence-corrected chi connectivity index (χ3v) is 2.45. The summed E-state index contributed by atoms with van der Waals surface area (Å²) < 4.78 is 1.66. The van der Waals surface area contributed by atoms with E-state index in [1.165, 1.54) is 0 Å². The zero-order valence-electron chi connectivity index (χ0n) is 9.06. The van der Waals surface area contributed by atoms with Crippen LogP contribution in [0.1, 0.15) is 25.8 Å². The SMILES string of the molecule is CC(C)CCn1cccc(C(N)=S)c1=O. The lowest BCUT2D eigenvalue weighted by atomic mass is 10.1. The van der Waals surface area contributed by atoms with Gasteiger partial charge in [-0.3, -0.25) is 4.79 Å². The zero-order valence-corrected chi connectivity index (χ0v) is 9.88. The Kier molecular flexibility index (Phi) is 4.03. The monoisotopic (exact) mass is 224 g/mol. The van der Waals surface area contributed by atoms with Gasteiger partial charge in [-0.2, -0.15) is 0 Å². The largest absolute Gasteiger partial charge is 0.389 e.